The Labute approximate surface area is 94.6 Å². The van der Waals surface area contributed by atoms with Crippen LogP contribution in [0.1, 0.15) is 46.0 Å². The van der Waals surface area contributed by atoms with Gasteiger partial charge in [-0.3, -0.25) is 9.80 Å². The summed E-state index contributed by atoms with van der Waals surface area (Å²) in [7, 11) is 0. The Hall–Kier alpha value is -0.0800. The molecule has 2 saturated heterocycles. The largest absolute Gasteiger partial charge is 0.298 e. The van der Waals surface area contributed by atoms with E-state index in [1.165, 1.54) is 58.3 Å². The van der Waals surface area contributed by atoms with Crippen molar-refractivity contribution in [2.45, 2.75) is 58.0 Å². The van der Waals surface area contributed by atoms with Gasteiger partial charge < -0.3 is 0 Å². The zero-order valence-electron chi connectivity index (χ0n) is 10.4. The maximum atomic E-state index is 2.75. The molecule has 0 aromatic rings. The molecule has 2 fully saturated rings. The van der Waals surface area contributed by atoms with Crippen molar-refractivity contribution in [3.05, 3.63) is 0 Å². The summed E-state index contributed by atoms with van der Waals surface area (Å²) in [4.78, 5) is 5.40. The number of fused-ring (bicyclic) bond motifs is 1. The van der Waals surface area contributed by atoms with Crippen molar-refractivity contribution >= 4 is 0 Å². The van der Waals surface area contributed by atoms with Crippen LogP contribution in [0.2, 0.25) is 0 Å². The van der Waals surface area contributed by atoms with E-state index in [1.807, 2.05) is 0 Å². The van der Waals surface area contributed by atoms with Crippen LogP contribution in [0.25, 0.3) is 0 Å². The predicted octanol–water partition coefficient (Wildman–Crippen LogP) is 2.35. The lowest BCUT2D eigenvalue weighted by molar-refractivity contribution is 0.0458. The van der Waals surface area contributed by atoms with E-state index in [-0.39, 0.29) is 0 Å². The molecule has 0 N–H and O–H groups in total. The zero-order chi connectivity index (χ0) is 10.7. The average Bonchev–Trinajstić information content (AvgIpc) is 2.18. The second-order valence-corrected chi connectivity index (χ2v) is 5.48. The Balaban J connectivity index is 1.91. The summed E-state index contributed by atoms with van der Waals surface area (Å²) in [6, 6.07) is 1.60. The quantitative estimate of drug-likeness (QED) is 0.655. The van der Waals surface area contributed by atoms with Crippen molar-refractivity contribution in [3.8, 4) is 0 Å². The Morgan fingerprint density at radius 1 is 0.933 bits per heavy atom. The molecule has 0 amide bonds. The van der Waals surface area contributed by atoms with Crippen molar-refractivity contribution in [1.29, 1.82) is 0 Å². The summed E-state index contributed by atoms with van der Waals surface area (Å²) >= 11 is 0. The molecule has 15 heavy (non-hydrogen) atoms. The van der Waals surface area contributed by atoms with Crippen molar-refractivity contribution < 1.29 is 0 Å². The average molecular weight is 210 g/mol. The fourth-order valence-electron chi connectivity index (χ4n) is 3.00. The van der Waals surface area contributed by atoms with E-state index in [1.54, 1.807) is 0 Å². The van der Waals surface area contributed by atoms with Gasteiger partial charge in [-0.25, -0.2) is 0 Å². The topological polar surface area (TPSA) is 6.48 Å². The summed E-state index contributed by atoms with van der Waals surface area (Å²) in [5.74, 6) is 0. The van der Waals surface area contributed by atoms with E-state index in [0.717, 1.165) is 12.1 Å². The standard InChI is InChI=1S/C13H26N2/c1-12(2)15-10-9-14-8-6-4-3-5-7-13(14)11-15/h12-13H,3-11H2,1-2H3. The summed E-state index contributed by atoms with van der Waals surface area (Å²) in [6.45, 7) is 9.93. The highest BCUT2D eigenvalue weighted by atomic mass is 15.3. The van der Waals surface area contributed by atoms with Gasteiger partial charge in [0.15, 0.2) is 0 Å². The molecule has 1 unspecified atom stereocenters. The van der Waals surface area contributed by atoms with Crippen molar-refractivity contribution in [3.63, 3.8) is 0 Å². The van der Waals surface area contributed by atoms with Gasteiger partial charge in [-0.15, -0.1) is 0 Å². The zero-order valence-corrected chi connectivity index (χ0v) is 10.4. The molecule has 0 aromatic carbocycles. The summed E-state index contributed by atoms with van der Waals surface area (Å²) in [5.41, 5.74) is 0. The van der Waals surface area contributed by atoms with E-state index in [4.69, 9.17) is 0 Å². The molecule has 0 saturated carbocycles. The third-order valence-electron chi connectivity index (χ3n) is 4.10. The summed E-state index contributed by atoms with van der Waals surface area (Å²) in [6.07, 6.45) is 7.23. The number of piperazine rings is 1. The van der Waals surface area contributed by atoms with Crippen molar-refractivity contribution in [2.75, 3.05) is 26.2 Å². The first-order valence-corrected chi connectivity index (χ1v) is 6.75. The first kappa shape index (κ1) is 11.4. The van der Waals surface area contributed by atoms with Crippen LogP contribution in [-0.4, -0.2) is 48.1 Å². The molecule has 0 bridgehead atoms. The Bertz CT molecular complexity index is 191. The van der Waals surface area contributed by atoms with Gasteiger partial charge in [-0.2, -0.15) is 0 Å². The molecule has 2 aliphatic rings. The van der Waals surface area contributed by atoms with E-state index in [0.29, 0.717) is 0 Å². The van der Waals surface area contributed by atoms with Gasteiger partial charge in [0, 0.05) is 31.7 Å². The lowest BCUT2D eigenvalue weighted by atomic mass is 9.99. The monoisotopic (exact) mass is 210 g/mol. The van der Waals surface area contributed by atoms with Gasteiger partial charge in [0.25, 0.3) is 0 Å². The second-order valence-electron chi connectivity index (χ2n) is 5.48. The minimum absolute atomic E-state index is 0.734. The van der Waals surface area contributed by atoms with E-state index in [2.05, 4.69) is 23.6 Å². The molecule has 0 spiro atoms. The van der Waals surface area contributed by atoms with Crippen LogP contribution in [0.5, 0.6) is 0 Å². The first-order valence-electron chi connectivity index (χ1n) is 6.75. The molecule has 2 heterocycles. The smallest absolute Gasteiger partial charge is 0.0223 e. The molecule has 2 nitrogen and oxygen atoms in total. The Morgan fingerprint density at radius 3 is 2.53 bits per heavy atom. The highest BCUT2D eigenvalue weighted by molar-refractivity contribution is 4.84. The minimum atomic E-state index is 0.734. The van der Waals surface area contributed by atoms with E-state index in [9.17, 15) is 0 Å². The third kappa shape index (κ3) is 2.94. The maximum absolute atomic E-state index is 2.75. The predicted molar refractivity (Wildman–Crippen MR) is 65.2 cm³/mol. The molecule has 2 heteroatoms. The van der Waals surface area contributed by atoms with Gasteiger partial charge in [0.05, 0.1) is 0 Å². The highest BCUT2D eigenvalue weighted by Crippen LogP contribution is 2.21. The number of nitrogens with zero attached hydrogens (tertiary/aromatic N) is 2. The van der Waals surface area contributed by atoms with Gasteiger partial charge >= 0.3 is 0 Å². The molecule has 0 aliphatic carbocycles. The normalized spacial score (nSPS) is 31.0. The second kappa shape index (κ2) is 5.31. The molecule has 2 aliphatic heterocycles. The molecule has 0 radical (unpaired) electrons. The highest BCUT2D eigenvalue weighted by Gasteiger charge is 2.27. The van der Waals surface area contributed by atoms with Crippen LogP contribution < -0.4 is 0 Å². The number of hydrogen-bond donors (Lipinski definition) is 0. The lowest BCUT2D eigenvalue weighted by Gasteiger charge is -2.44. The SMILES string of the molecule is CC(C)N1CCN2CCCCCCC2C1. The molecule has 0 aromatic heterocycles. The van der Waals surface area contributed by atoms with E-state index < -0.39 is 0 Å². The first-order chi connectivity index (χ1) is 7.27. The molecular weight excluding hydrogens is 184 g/mol. The number of rotatable bonds is 1. The molecule has 88 valence electrons. The molecule has 1 atom stereocenters. The maximum Gasteiger partial charge on any atom is 0.0223 e. The van der Waals surface area contributed by atoms with Crippen LogP contribution in [0.15, 0.2) is 0 Å². The van der Waals surface area contributed by atoms with Crippen LogP contribution in [0.4, 0.5) is 0 Å². The van der Waals surface area contributed by atoms with Crippen molar-refractivity contribution in [1.82, 2.24) is 9.80 Å². The van der Waals surface area contributed by atoms with Gasteiger partial charge in [0.1, 0.15) is 0 Å². The summed E-state index contributed by atoms with van der Waals surface area (Å²) in [5, 5.41) is 0. The Morgan fingerprint density at radius 2 is 1.73 bits per heavy atom. The molecular formula is C13H26N2. The summed E-state index contributed by atoms with van der Waals surface area (Å²) < 4.78 is 0. The number of hydrogen-bond acceptors (Lipinski definition) is 2. The fourth-order valence-corrected chi connectivity index (χ4v) is 3.00. The van der Waals surface area contributed by atoms with Crippen LogP contribution in [0, 0.1) is 0 Å². The fraction of sp³-hybridized carbons (Fsp3) is 1.00. The van der Waals surface area contributed by atoms with Crippen LogP contribution in [-0.2, 0) is 0 Å². The lowest BCUT2D eigenvalue weighted by Crippen LogP contribution is -2.55. The van der Waals surface area contributed by atoms with E-state index >= 15 is 0 Å². The van der Waals surface area contributed by atoms with Gasteiger partial charge in [-0.1, -0.05) is 19.3 Å². The van der Waals surface area contributed by atoms with Crippen LogP contribution >= 0.6 is 0 Å². The molecule has 2 rings (SSSR count). The van der Waals surface area contributed by atoms with Crippen LogP contribution in [0.3, 0.4) is 0 Å². The minimum Gasteiger partial charge on any atom is -0.298 e. The van der Waals surface area contributed by atoms with Gasteiger partial charge in [-0.05, 0) is 33.2 Å². The van der Waals surface area contributed by atoms with Gasteiger partial charge in [0.2, 0.25) is 0 Å². The third-order valence-corrected chi connectivity index (χ3v) is 4.10. The Kier molecular flexibility index (Phi) is 4.04. The van der Waals surface area contributed by atoms with Crippen molar-refractivity contribution in [2.24, 2.45) is 0 Å².